The number of nitrogens with one attached hydrogen (secondary N) is 1. The molecule has 0 saturated carbocycles. The van der Waals surface area contributed by atoms with Gasteiger partial charge >= 0.3 is 0 Å². The van der Waals surface area contributed by atoms with Crippen molar-refractivity contribution in [2.75, 3.05) is 26.1 Å². The number of benzene rings is 3. The van der Waals surface area contributed by atoms with E-state index in [-0.39, 0.29) is 22.2 Å². The molecule has 1 aromatic heterocycles. The van der Waals surface area contributed by atoms with E-state index in [2.05, 4.69) is 9.88 Å². The van der Waals surface area contributed by atoms with Crippen molar-refractivity contribution in [2.24, 2.45) is 0 Å². The number of hydrogen-bond acceptors (Lipinski definition) is 7. The maximum Gasteiger partial charge on any atom is 0.270 e. The Bertz CT molecular complexity index is 1370. The van der Waals surface area contributed by atoms with Crippen molar-refractivity contribution in [1.82, 2.24) is 5.16 Å². The Morgan fingerprint density at radius 1 is 0.788 bits per heavy atom. The molecule has 1 heterocycles. The Hall–Kier alpha value is -3.98. The van der Waals surface area contributed by atoms with Crippen LogP contribution in [0, 0.1) is 0 Å². The molecule has 0 radical (unpaired) electrons. The molecule has 0 aliphatic rings. The van der Waals surface area contributed by atoms with Gasteiger partial charge in [-0.25, -0.2) is 8.42 Å². The highest BCUT2D eigenvalue weighted by atomic mass is 32.2. The van der Waals surface area contributed by atoms with Crippen LogP contribution in [0.15, 0.2) is 82.2 Å². The topological polar surface area (TPSA) is 99.9 Å². The Balaban J connectivity index is 1.76. The maximum absolute atomic E-state index is 13.4. The van der Waals surface area contributed by atoms with E-state index in [9.17, 15) is 8.42 Å². The molecule has 33 heavy (non-hydrogen) atoms. The van der Waals surface area contributed by atoms with Gasteiger partial charge in [-0.15, -0.1) is 0 Å². The summed E-state index contributed by atoms with van der Waals surface area (Å²) in [6.45, 7) is 0. The molecule has 3 aromatic carbocycles. The van der Waals surface area contributed by atoms with Crippen molar-refractivity contribution >= 4 is 15.8 Å². The average Bonchev–Trinajstić information content (AvgIpc) is 3.30. The molecule has 9 heteroatoms. The highest BCUT2D eigenvalue weighted by Crippen LogP contribution is 2.42. The molecule has 4 aromatic rings. The Labute approximate surface area is 191 Å². The third-order valence-electron chi connectivity index (χ3n) is 4.98. The van der Waals surface area contributed by atoms with E-state index in [4.69, 9.17) is 18.7 Å². The number of rotatable bonds is 8. The summed E-state index contributed by atoms with van der Waals surface area (Å²) in [5.41, 5.74) is 2.04. The normalized spacial score (nSPS) is 11.1. The molecule has 0 bridgehead atoms. The molecular weight excluding hydrogens is 444 g/mol. The van der Waals surface area contributed by atoms with Crippen LogP contribution >= 0.6 is 0 Å². The van der Waals surface area contributed by atoms with Crippen LogP contribution in [0.5, 0.6) is 17.2 Å². The molecule has 170 valence electrons. The highest BCUT2D eigenvalue weighted by molar-refractivity contribution is 7.93. The van der Waals surface area contributed by atoms with Crippen LogP contribution in [-0.2, 0) is 10.0 Å². The zero-order valence-electron chi connectivity index (χ0n) is 18.2. The number of anilines is 1. The van der Waals surface area contributed by atoms with E-state index in [0.717, 1.165) is 5.56 Å². The first kappa shape index (κ1) is 22.2. The van der Waals surface area contributed by atoms with Gasteiger partial charge in [-0.2, -0.15) is 0 Å². The second kappa shape index (κ2) is 9.25. The van der Waals surface area contributed by atoms with Crippen molar-refractivity contribution in [2.45, 2.75) is 4.90 Å². The Morgan fingerprint density at radius 3 is 2.18 bits per heavy atom. The number of aromatic nitrogens is 1. The smallest absolute Gasteiger partial charge is 0.270 e. The number of nitrogens with zero attached hydrogens (tertiary/aromatic N) is 1. The number of methoxy groups -OCH3 is 3. The zero-order chi connectivity index (χ0) is 23.4. The zero-order valence-corrected chi connectivity index (χ0v) is 19.0. The maximum atomic E-state index is 13.4. The van der Waals surface area contributed by atoms with Crippen LogP contribution in [0.4, 0.5) is 5.82 Å². The fourth-order valence-electron chi connectivity index (χ4n) is 3.49. The summed E-state index contributed by atoms with van der Waals surface area (Å²) in [4.78, 5) is -0.143. The number of ether oxygens (including phenoxy) is 3. The fraction of sp³-hybridized carbons (Fsp3) is 0.125. The molecule has 0 fully saturated rings. The van der Waals surface area contributed by atoms with Gasteiger partial charge < -0.3 is 18.7 Å². The molecule has 0 aliphatic carbocycles. The van der Waals surface area contributed by atoms with Crippen molar-refractivity contribution in [3.63, 3.8) is 0 Å². The van der Waals surface area contributed by atoms with Crippen LogP contribution in [0.2, 0.25) is 0 Å². The van der Waals surface area contributed by atoms with Gasteiger partial charge in [0, 0.05) is 11.6 Å². The minimum absolute atomic E-state index is 0.00475. The van der Waals surface area contributed by atoms with Gasteiger partial charge in [-0.05, 0) is 29.8 Å². The standard InChI is InChI=1S/C24H22N2O6S/c1-29-19-12-8-7-11-18(19)21-15-22(25-32-21)26-33(27,28)24-20(30-2)14-13-17(23(24)31-3)16-9-5-4-6-10-16/h4-15H,1-3H3,(H,25,26). The van der Waals surface area contributed by atoms with Crippen LogP contribution in [0.3, 0.4) is 0 Å². The van der Waals surface area contributed by atoms with Gasteiger partial charge in [0.1, 0.15) is 11.5 Å². The Kier molecular flexibility index (Phi) is 6.23. The van der Waals surface area contributed by atoms with E-state index < -0.39 is 10.0 Å². The summed E-state index contributed by atoms with van der Waals surface area (Å²) in [6, 6.07) is 21.3. The lowest BCUT2D eigenvalue weighted by atomic mass is 10.0. The van der Waals surface area contributed by atoms with Gasteiger partial charge in [-0.1, -0.05) is 47.6 Å². The van der Waals surface area contributed by atoms with Crippen molar-refractivity contribution in [1.29, 1.82) is 0 Å². The first-order chi connectivity index (χ1) is 16.0. The van der Waals surface area contributed by atoms with Gasteiger partial charge in [0.2, 0.25) is 0 Å². The minimum atomic E-state index is -4.17. The molecule has 0 unspecified atom stereocenters. The summed E-state index contributed by atoms with van der Waals surface area (Å²) in [5.74, 6) is 1.21. The first-order valence-electron chi connectivity index (χ1n) is 9.92. The largest absolute Gasteiger partial charge is 0.496 e. The quantitative estimate of drug-likeness (QED) is 0.397. The van der Waals surface area contributed by atoms with Crippen molar-refractivity contribution in [3.05, 3.63) is 72.8 Å². The van der Waals surface area contributed by atoms with Crippen LogP contribution in [-0.4, -0.2) is 34.9 Å². The lowest BCUT2D eigenvalue weighted by Crippen LogP contribution is -2.16. The predicted octanol–water partition coefficient (Wildman–Crippen LogP) is 4.84. The predicted molar refractivity (Wildman–Crippen MR) is 124 cm³/mol. The molecule has 8 nitrogen and oxygen atoms in total. The van der Waals surface area contributed by atoms with Crippen LogP contribution in [0.25, 0.3) is 22.5 Å². The number of sulfonamides is 1. The second-order valence-corrected chi connectivity index (χ2v) is 8.55. The molecule has 0 atom stereocenters. The molecular formula is C24H22N2O6S. The molecule has 0 amide bonds. The summed E-state index contributed by atoms with van der Waals surface area (Å²) in [5, 5.41) is 3.87. The third kappa shape index (κ3) is 4.35. The van der Waals surface area contributed by atoms with E-state index >= 15 is 0 Å². The van der Waals surface area contributed by atoms with E-state index in [1.807, 2.05) is 42.5 Å². The van der Waals surface area contributed by atoms with E-state index in [0.29, 0.717) is 22.6 Å². The summed E-state index contributed by atoms with van der Waals surface area (Å²) < 4.78 is 50.9. The van der Waals surface area contributed by atoms with Crippen molar-refractivity contribution < 1.29 is 27.2 Å². The molecule has 0 spiro atoms. The number of hydrogen-bond donors (Lipinski definition) is 1. The number of para-hydroxylation sites is 1. The molecule has 4 rings (SSSR count). The molecule has 0 aliphatic heterocycles. The minimum Gasteiger partial charge on any atom is -0.496 e. The SMILES string of the molecule is COc1ccccc1-c1cc(NS(=O)(=O)c2c(OC)ccc(-c3ccccc3)c2OC)no1. The van der Waals surface area contributed by atoms with Gasteiger partial charge in [0.25, 0.3) is 10.0 Å². The monoisotopic (exact) mass is 466 g/mol. The first-order valence-corrected chi connectivity index (χ1v) is 11.4. The van der Waals surface area contributed by atoms with Gasteiger partial charge in [0.05, 0.1) is 26.9 Å². The van der Waals surface area contributed by atoms with E-state index in [1.54, 1.807) is 24.3 Å². The van der Waals surface area contributed by atoms with Gasteiger partial charge in [0.15, 0.2) is 22.2 Å². The van der Waals surface area contributed by atoms with Crippen LogP contribution < -0.4 is 18.9 Å². The molecule has 1 N–H and O–H groups in total. The highest BCUT2D eigenvalue weighted by Gasteiger charge is 2.29. The fourth-order valence-corrected chi connectivity index (χ4v) is 4.82. The van der Waals surface area contributed by atoms with E-state index in [1.165, 1.54) is 27.4 Å². The second-order valence-electron chi connectivity index (χ2n) is 6.93. The summed E-state index contributed by atoms with van der Waals surface area (Å²) >= 11 is 0. The lowest BCUT2D eigenvalue weighted by Gasteiger charge is -2.17. The molecule has 0 saturated heterocycles. The average molecular weight is 467 g/mol. The van der Waals surface area contributed by atoms with Crippen LogP contribution in [0.1, 0.15) is 0 Å². The summed E-state index contributed by atoms with van der Waals surface area (Å²) in [7, 11) is 0.179. The van der Waals surface area contributed by atoms with Crippen molar-refractivity contribution in [3.8, 4) is 39.7 Å². The summed E-state index contributed by atoms with van der Waals surface area (Å²) in [6.07, 6.45) is 0. The van der Waals surface area contributed by atoms with Gasteiger partial charge in [-0.3, -0.25) is 4.72 Å². The lowest BCUT2D eigenvalue weighted by molar-refractivity contribution is 0.374. The third-order valence-corrected chi connectivity index (χ3v) is 6.38. The Morgan fingerprint density at radius 2 is 1.48 bits per heavy atom.